The third-order valence-electron chi connectivity index (χ3n) is 4.60. The molecule has 2 atom stereocenters. The molecule has 1 saturated carbocycles. The van der Waals surface area contributed by atoms with Gasteiger partial charge in [-0.2, -0.15) is 0 Å². The zero-order valence-corrected chi connectivity index (χ0v) is 13.6. The van der Waals surface area contributed by atoms with Crippen molar-refractivity contribution < 1.29 is 9.59 Å². The highest BCUT2D eigenvalue weighted by Crippen LogP contribution is 2.30. The summed E-state index contributed by atoms with van der Waals surface area (Å²) in [6, 6.07) is -0.748. The van der Waals surface area contributed by atoms with Crippen LogP contribution in [0.4, 0.5) is 0 Å². The van der Waals surface area contributed by atoms with Gasteiger partial charge in [-0.15, -0.1) is 0 Å². The summed E-state index contributed by atoms with van der Waals surface area (Å²) in [4.78, 5) is 27.0. The molecule has 0 bridgehead atoms. The van der Waals surface area contributed by atoms with Crippen LogP contribution in [0.1, 0.15) is 46.0 Å². The number of piperazine rings is 1. The molecule has 1 heterocycles. The van der Waals surface area contributed by atoms with Crippen molar-refractivity contribution in [3.05, 3.63) is 11.6 Å². The van der Waals surface area contributed by atoms with Gasteiger partial charge in [-0.05, 0) is 24.7 Å². The van der Waals surface area contributed by atoms with Gasteiger partial charge < -0.3 is 10.2 Å². The van der Waals surface area contributed by atoms with Crippen LogP contribution in [-0.2, 0) is 9.59 Å². The molecule has 4 nitrogen and oxygen atoms in total. The Morgan fingerprint density at radius 3 is 2.52 bits per heavy atom. The first-order valence-electron chi connectivity index (χ1n) is 7.92. The number of hydrogen-bond donors (Lipinski definition) is 1. The van der Waals surface area contributed by atoms with Crippen LogP contribution in [0.2, 0.25) is 0 Å². The van der Waals surface area contributed by atoms with Crippen LogP contribution in [0.15, 0.2) is 11.6 Å². The van der Waals surface area contributed by atoms with Gasteiger partial charge in [0.15, 0.2) is 0 Å². The molecule has 2 aliphatic rings. The van der Waals surface area contributed by atoms with E-state index in [9.17, 15) is 9.59 Å². The Balaban J connectivity index is 2.19. The predicted molar refractivity (Wildman–Crippen MR) is 83.8 cm³/mol. The van der Waals surface area contributed by atoms with Gasteiger partial charge in [0.1, 0.15) is 12.1 Å². The molecule has 2 rings (SSSR count). The van der Waals surface area contributed by atoms with Gasteiger partial charge in [0.2, 0.25) is 11.8 Å². The number of hydrogen-bond acceptors (Lipinski definition) is 2. The maximum absolute atomic E-state index is 12.8. The number of nitrogens with one attached hydrogen (secondary N) is 1. The number of halogens is 1. The van der Waals surface area contributed by atoms with Crippen molar-refractivity contribution in [2.24, 2.45) is 11.8 Å². The van der Waals surface area contributed by atoms with E-state index in [0.717, 1.165) is 25.7 Å². The standard InChI is InChI=1S/C16H25ClN2O2/c1-11(2)14-15(20)18-13(12-7-4-3-5-8-12)16(21)19(14)10-6-9-17/h6,9,11-14H,3-5,7-8,10H2,1-2H3,(H,18,20)/b9-6+. The van der Waals surface area contributed by atoms with Crippen molar-refractivity contribution in [3.63, 3.8) is 0 Å². The fourth-order valence-electron chi connectivity index (χ4n) is 3.56. The van der Waals surface area contributed by atoms with Gasteiger partial charge >= 0.3 is 0 Å². The topological polar surface area (TPSA) is 49.4 Å². The molecule has 1 saturated heterocycles. The van der Waals surface area contributed by atoms with Crippen LogP contribution in [-0.4, -0.2) is 35.3 Å². The molecule has 1 aliphatic heterocycles. The van der Waals surface area contributed by atoms with Crippen molar-refractivity contribution in [3.8, 4) is 0 Å². The Morgan fingerprint density at radius 2 is 1.95 bits per heavy atom. The molecule has 0 aromatic carbocycles. The number of amides is 2. The van der Waals surface area contributed by atoms with E-state index in [1.807, 2.05) is 13.8 Å². The SMILES string of the molecule is CC(C)C1C(=O)NC(C2CCCCC2)C(=O)N1C/C=C/Cl. The average Bonchev–Trinajstić information content (AvgIpc) is 2.48. The molecule has 2 amide bonds. The van der Waals surface area contributed by atoms with Crippen LogP contribution >= 0.6 is 11.6 Å². The van der Waals surface area contributed by atoms with Crippen LogP contribution < -0.4 is 5.32 Å². The lowest BCUT2D eigenvalue weighted by Gasteiger charge is -2.43. The minimum absolute atomic E-state index is 0.0249. The maximum Gasteiger partial charge on any atom is 0.246 e. The van der Waals surface area contributed by atoms with Crippen LogP contribution in [0, 0.1) is 11.8 Å². The van der Waals surface area contributed by atoms with E-state index in [2.05, 4.69) is 5.32 Å². The number of nitrogens with zero attached hydrogens (tertiary/aromatic N) is 1. The van der Waals surface area contributed by atoms with Crippen molar-refractivity contribution >= 4 is 23.4 Å². The van der Waals surface area contributed by atoms with E-state index in [1.54, 1.807) is 11.0 Å². The van der Waals surface area contributed by atoms with E-state index in [4.69, 9.17) is 11.6 Å². The smallest absolute Gasteiger partial charge is 0.246 e. The molecule has 0 aromatic rings. The molecule has 118 valence electrons. The van der Waals surface area contributed by atoms with Gasteiger partial charge in [0, 0.05) is 12.1 Å². The van der Waals surface area contributed by atoms with E-state index >= 15 is 0 Å². The third kappa shape index (κ3) is 3.60. The Labute approximate surface area is 131 Å². The summed E-state index contributed by atoms with van der Waals surface area (Å²) < 4.78 is 0. The third-order valence-corrected chi connectivity index (χ3v) is 4.77. The summed E-state index contributed by atoms with van der Waals surface area (Å²) in [6.45, 7) is 4.34. The zero-order valence-electron chi connectivity index (χ0n) is 12.8. The maximum atomic E-state index is 12.8. The Hall–Kier alpha value is -1.03. The van der Waals surface area contributed by atoms with E-state index in [0.29, 0.717) is 6.54 Å². The highest BCUT2D eigenvalue weighted by Gasteiger charge is 2.44. The zero-order chi connectivity index (χ0) is 15.4. The van der Waals surface area contributed by atoms with E-state index in [-0.39, 0.29) is 29.7 Å². The Kier molecular flexibility index (Phi) is 5.68. The lowest BCUT2D eigenvalue weighted by molar-refractivity contribution is -0.152. The number of carbonyl (C=O) groups is 2. The van der Waals surface area contributed by atoms with Crippen molar-refractivity contribution in [1.82, 2.24) is 10.2 Å². The molecule has 21 heavy (non-hydrogen) atoms. The second-order valence-corrected chi connectivity index (χ2v) is 6.68. The molecular formula is C16H25ClN2O2. The Morgan fingerprint density at radius 1 is 1.29 bits per heavy atom. The largest absolute Gasteiger partial charge is 0.342 e. The summed E-state index contributed by atoms with van der Waals surface area (Å²) in [7, 11) is 0. The van der Waals surface area contributed by atoms with Crippen molar-refractivity contribution in [2.75, 3.05) is 6.54 Å². The second kappa shape index (κ2) is 7.30. The summed E-state index contributed by atoms with van der Waals surface area (Å²) in [5.74, 6) is 0.397. The van der Waals surface area contributed by atoms with Gasteiger partial charge in [0.25, 0.3) is 0 Å². The molecule has 2 unspecified atom stereocenters. The monoisotopic (exact) mass is 312 g/mol. The minimum Gasteiger partial charge on any atom is -0.342 e. The first-order chi connectivity index (χ1) is 10.1. The predicted octanol–water partition coefficient (Wildman–Crippen LogP) is 2.67. The fraction of sp³-hybridized carbons (Fsp3) is 0.750. The highest BCUT2D eigenvalue weighted by molar-refractivity contribution is 6.25. The van der Waals surface area contributed by atoms with E-state index < -0.39 is 6.04 Å². The molecule has 2 fully saturated rings. The molecule has 1 aliphatic carbocycles. The first-order valence-corrected chi connectivity index (χ1v) is 8.36. The molecule has 0 radical (unpaired) electrons. The summed E-state index contributed by atoms with van der Waals surface area (Å²) in [5, 5.41) is 2.99. The first kappa shape index (κ1) is 16.3. The van der Waals surface area contributed by atoms with Gasteiger partial charge in [-0.25, -0.2) is 0 Å². The van der Waals surface area contributed by atoms with Crippen molar-refractivity contribution in [1.29, 1.82) is 0 Å². The fourth-order valence-corrected chi connectivity index (χ4v) is 3.64. The molecular weight excluding hydrogens is 288 g/mol. The molecule has 0 spiro atoms. The molecule has 5 heteroatoms. The van der Waals surface area contributed by atoms with Gasteiger partial charge in [-0.3, -0.25) is 9.59 Å². The van der Waals surface area contributed by atoms with Gasteiger partial charge in [-0.1, -0.05) is 50.8 Å². The summed E-state index contributed by atoms with van der Waals surface area (Å²) in [6.07, 6.45) is 7.33. The summed E-state index contributed by atoms with van der Waals surface area (Å²) in [5.41, 5.74) is 1.41. The molecule has 0 aromatic heterocycles. The highest BCUT2D eigenvalue weighted by atomic mass is 35.5. The van der Waals surface area contributed by atoms with Crippen LogP contribution in [0.25, 0.3) is 0 Å². The second-order valence-electron chi connectivity index (χ2n) is 6.43. The number of rotatable bonds is 4. The van der Waals surface area contributed by atoms with Gasteiger partial charge in [0.05, 0.1) is 0 Å². The summed E-state index contributed by atoms with van der Waals surface area (Å²) >= 11 is 5.60. The lowest BCUT2D eigenvalue weighted by Crippen LogP contribution is -2.66. The Bertz CT molecular complexity index is 417. The van der Waals surface area contributed by atoms with Crippen LogP contribution in [0.5, 0.6) is 0 Å². The quantitative estimate of drug-likeness (QED) is 0.867. The van der Waals surface area contributed by atoms with E-state index in [1.165, 1.54) is 12.0 Å². The van der Waals surface area contributed by atoms with Crippen LogP contribution in [0.3, 0.4) is 0 Å². The minimum atomic E-state index is -0.398. The average molecular weight is 313 g/mol. The normalized spacial score (nSPS) is 28.5. The number of carbonyl (C=O) groups excluding carboxylic acids is 2. The van der Waals surface area contributed by atoms with Crippen molar-refractivity contribution in [2.45, 2.75) is 58.0 Å². The molecule has 1 N–H and O–H groups in total. The lowest BCUT2D eigenvalue weighted by atomic mass is 9.81.